The van der Waals surface area contributed by atoms with Crippen molar-refractivity contribution in [2.45, 2.75) is 32.2 Å². The van der Waals surface area contributed by atoms with E-state index in [1.165, 1.54) is 0 Å². The third kappa shape index (κ3) is 6.10. The number of ketones is 1. The quantitative estimate of drug-likeness (QED) is 0.378. The molecule has 0 aliphatic rings. The molecule has 0 aliphatic carbocycles. The second-order valence-electron chi connectivity index (χ2n) is 2.92. The largest absolute Gasteiger partial charge is 0.370 e. The Kier molecular flexibility index (Phi) is 5.88. The normalized spacial score (nSPS) is 12.2. The Morgan fingerprint density at radius 1 is 1.46 bits per heavy atom. The van der Waals surface area contributed by atoms with Gasteiger partial charge in [-0.15, -0.1) is 0 Å². The molecule has 0 rings (SSSR count). The number of carbonyl (C=O) groups excluding carboxylic acids is 1. The van der Waals surface area contributed by atoms with Gasteiger partial charge in [0.1, 0.15) is 0 Å². The van der Waals surface area contributed by atoms with E-state index in [4.69, 9.17) is 17.2 Å². The van der Waals surface area contributed by atoms with Crippen molar-refractivity contribution in [1.82, 2.24) is 0 Å². The number of hydrogen-bond donors (Lipinski definition) is 3. The highest BCUT2D eigenvalue weighted by Crippen LogP contribution is 1.97. The van der Waals surface area contributed by atoms with E-state index in [1.807, 2.05) is 6.92 Å². The molecule has 0 heterocycles. The topological polar surface area (TPSA) is 107 Å². The van der Waals surface area contributed by atoms with Crippen LogP contribution in [-0.2, 0) is 4.79 Å². The SMILES string of the molecule is CCCC(N)C(=O)CCN=C(N)N. The minimum absolute atomic E-state index is 0.0110. The molecular formula is C8H18N4O. The van der Waals surface area contributed by atoms with E-state index in [0.717, 1.165) is 12.8 Å². The first-order chi connectivity index (χ1) is 6.07. The van der Waals surface area contributed by atoms with Gasteiger partial charge in [0.25, 0.3) is 0 Å². The van der Waals surface area contributed by atoms with Crippen LogP contribution in [0.4, 0.5) is 0 Å². The molecule has 0 fully saturated rings. The maximum atomic E-state index is 11.2. The van der Waals surface area contributed by atoms with Crippen LogP contribution in [0.3, 0.4) is 0 Å². The number of rotatable bonds is 6. The summed E-state index contributed by atoms with van der Waals surface area (Å²) in [6.07, 6.45) is 1.95. The number of guanidine groups is 1. The third-order valence-electron chi connectivity index (χ3n) is 1.67. The standard InChI is InChI=1S/C8H18N4O/c1-2-3-6(9)7(13)4-5-12-8(10)11/h6H,2-5,9H2,1H3,(H4,10,11,12). The molecule has 0 aromatic carbocycles. The Hall–Kier alpha value is -1.10. The lowest BCUT2D eigenvalue weighted by Crippen LogP contribution is -2.31. The smallest absolute Gasteiger partial charge is 0.185 e. The van der Waals surface area contributed by atoms with E-state index in [0.29, 0.717) is 13.0 Å². The van der Waals surface area contributed by atoms with Gasteiger partial charge in [-0.1, -0.05) is 13.3 Å². The number of carbonyl (C=O) groups is 1. The van der Waals surface area contributed by atoms with Crippen LogP contribution in [0.25, 0.3) is 0 Å². The summed E-state index contributed by atoms with van der Waals surface area (Å²) in [4.78, 5) is 14.9. The van der Waals surface area contributed by atoms with Crippen LogP contribution in [0.1, 0.15) is 26.2 Å². The average Bonchev–Trinajstić information content (AvgIpc) is 2.04. The minimum atomic E-state index is -0.362. The van der Waals surface area contributed by atoms with Crippen molar-refractivity contribution in [3.8, 4) is 0 Å². The molecule has 0 bridgehead atoms. The van der Waals surface area contributed by atoms with Gasteiger partial charge in [-0.05, 0) is 6.42 Å². The zero-order chi connectivity index (χ0) is 10.3. The monoisotopic (exact) mass is 186 g/mol. The average molecular weight is 186 g/mol. The summed E-state index contributed by atoms with van der Waals surface area (Å²) in [5, 5.41) is 0. The summed E-state index contributed by atoms with van der Waals surface area (Å²) in [6, 6.07) is -0.362. The van der Waals surface area contributed by atoms with Gasteiger partial charge < -0.3 is 17.2 Å². The Bertz CT molecular complexity index is 187. The Balaban J connectivity index is 3.68. The lowest BCUT2D eigenvalue weighted by atomic mass is 10.1. The molecular weight excluding hydrogens is 168 g/mol. The van der Waals surface area contributed by atoms with Crippen LogP contribution in [0.2, 0.25) is 0 Å². The Morgan fingerprint density at radius 3 is 2.54 bits per heavy atom. The second-order valence-corrected chi connectivity index (χ2v) is 2.92. The minimum Gasteiger partial charge on any atom is -0.370 e. The van der Waals surface area contributed by atoms with Crippen LogP contribution in [0, 0.1) is 0 Å². The first kappa shape index (κ1) is 11.9. The molecule has 0 spiro atoms. The number of Topliss-reactive ketones (excluding diaryl/α,β-unsaturated/α-hetero) is 1. The fourth-order valence-corrected chi connectivity index (χ4v) is 0.953. The van der Waals surface area contributed by atoms with E-state index >= 15 is 0 Å². The highest BCUT2D eigenvalue weighted by molar-refractivity contribution is 5.84. The highest BCUT2D eigenvalue weighted by Gasteiger charge is 2.10. The van der Waals surface area contributed by atoms with Crippen LogP contribution in [0.5, 0.6) is 0 Å². The summed E-state index contributed by atoms with van der Waals surface area (Å²) in [7, 11) is 0. The van der Waals surface area contributed by atoms with Gasteiger partial charge in [-0.2, -0.15) is 0 Å². The number of nitrogens with two attached hydrogens (primary N) is 3. The number of nitrogens with zero attached hydrogens (tertiary/aromatic N) is 1. The van der Waals surface area contributed by atoms with Crippen molar-refractivity contribution in [3.63, 3.8) is 0 Å². The molecule has 1 atom stereocenters. The van der Waals surface area contributed by atoms with Crippen molar-refractivity contribution < 1.29 is 4.79 Å². The molecule has 0 saturated heterocycles. The number of hydrogen-bond acceptors (Lipinski definition) is 3. The summed E-state index contributed by atoms with van der Waals surface area (Å²) in [6.45, 7) is 2.32. The van der Waals surface area contributed by atoms with Crippen LogP contribution < -0.4 is 17.2 Å². The molecule has 0 aromatic rings. The molecule has 0 radical (unpaired) electrons. The first-order valence-corrected chi connectivity index (χ1v) is 4.41. The van der Waals surface area contributed by atoms with Crippen molar-refractivity contribution in [2.24, 2.45) is 22.2 Å². The molecule has 6 N–H and O–H groups in total. The summed E-state index contributed by atoms with van der Waals surface area (Å²) >= 11 is 0. The summed E-state index contributed by atoms with van der Waals surface area (Å²) in [5.41, 5.74) is 15.8. The molecule has 0 amide bonds. The van der Waals surface area contributed by atoms with E-state index < -0.39 is 0 Å². The van der Waals surface area contributed by atoms with Gasteiger partial charge in [0.2, 0.25) is 0 Å². The van der Waals surface area contributed by atoms with Gasteiger partial charge in [-0.25, -0.2) is 0 Å². The second kappa shape index (κ2) is 6.42. The van der Waals surface area contributed by atoms with Gasteiger partial charge in [0.15, 0.2) is 11.7 Å². The van der Waals surface area contributed by atoms with Gasteiger partial charge in [0.05, 0.1) is 6.04 Å². The fraction of sp³-hybridized carbons (Fsp3) is 0.750. The predicted molar refractivity (Wildman–Crippen MR) is 53.2 cm³/mol. The highest BCUT2D eigenvalue weighted by atomic mass is 16.1. The third-order valence-corrected chi connectivity index (χ3v) is 1.67. The molecule has 0 saturated carbocycles. The Morgan fingerprint density at radius 2 is 2.08 bits per heavy atom. The van der Waals surface area contributed by atoms with E-state index in [-0.39, 0.29) is 17.8 Å². The molecule has 0 aliphatic heterocycles. The van der Waals surface area contributed by atoms with E-state index in [9.17, 15) is 4.79 Å². The molecule has 5 nitrogen and oxygen atoms in total. The van der Waals surface area contributed by atoms with Gasteiger partial charge in [0, 0.05) is 13.0 Å². The predicted octanol–water partition coefficient (Wildman–Crippen LogP) is -0.654. The maximum Gasteiger partial charge on any atom is 0.185 e. The fourth-order valence-electron chi connectivity index (χ4n) is 0.953. The van der Waals surface area contributed by atoms with E-state index in [1.54, 1.807) is 0 Å². The van der Waals surface area contributed by atoms with Crippen LogP contribution in [-0.4, -0.2) is 24.3 Å². The van der Waals surface area contributed by atoms with Crippen molar-refractivity contribution in [2.75, 3.05) is 6.54 Å². The van der Waals surface area contributed by atoms with Gasteiger partial charge >= 0.3 is 0 Å². The molecule has 1 unspecified atom stereocenters. The number of aliphatic imine (C=N–C) groups is 1. The molecule has 13 heavy (non-hydrogen) atoms. The lowest BCUT2D eigenvalue weighted by Gasteiger charge is -2.07. The molecule has 0 aromatic heterocycles. The lowest BCUT2D eigenvalue weighted by molar-refractivity contribution is -0.120. The zero-order valence-electron chi connectivity index (χ0n) is 7.99. The van der Waals surface area contributed by atoms with Gasteiger partial charge in [-0.3, -0.25) is 9.79 Å². The van der Waals surface area contributed by atoms with Crippen molar-refractivity contribution in [1.29, 1.82) is 0 Å². The zero-order valence-corrected chi connectivity index (χ0v) is 7.99. The van der Waals surface area contributed by atoms with E-state index in [2.05, 4.69) is 4.99 Å². The maximum absolute atomic E-state index is 11.2. The first-order valence-electron chi connectivity index (χ1n) is 4.41. The Labute approximate surface area is 78.4 Å². The van der Waals surface area contributed by atoms with Crippen molar-refractivity contribution in [3.05, 3.63) is 0 Å². The molecule has 76 valence electrons. The summed E-state index contributed by atoms with van der Waals surface area (Å²) in [5.74, 6) is 0.0312. The van der Waals surface area contributed by atoms with Crippen LogP contribution >= 0.6 is 0 Å². The molecule has 5 heteroatoms. The summed E-state index contributed by atoms with van der Waals surface area (Å²) < 4.78 is 0. The van der Waals surface area contributed by atoms with Crippen LogP contribution in [0.15, 0.2) is 4.99 Å². The van der Waals surface area contributed by atoms with Crippen molar-refractivity contribution >= 4 is 11.7 Å².